The molecule has 7 heteroatoms. The summed E-state index contributed by atoms with van der Waals surface area (Å²) in [6, 6.07) is 13.4. The van der Waals surface area contributed by atoms with Crippen molar-refractivity contribution < 1.29 is 23.5 Å². The van der Waals surface area contributed by atoms with Gasteiger partial charge in [-0.1, -0.05) is 29.4 Å². The van der Waals surface area contributed by atoms with Crippen LogP contribution in [0.15, 0.2) is 53.7 Å². The number of amides is 1. The molecule has 26 heavy (non-hydrogen) atoms. The molecule has 2 aromatic carbocycles. The predicted octanol–water partition coefficient (Wildman–Crippen LogP) is 2.27. The van der Waals surface area contributed by atoms with Crippen LogP contribution in [0, 0.1) is 5.82 Å². The predicted molar refractivity (Wildman–Crippen MR) is 91.8 cm³/mol. The van der Waals surface area contributed by atoms with E-state index in [0.717, 1.165) is 0 Å². The van der Waals surface area contributed by atoms with Crippen LogP contribution in [-0.4, -0.2) is 37.0 Å². The second-order valence-corrected chi connectivity index (χ2v) is 6.09. The van der Waals surface area contributed by atoms with E-state index in [0.29, 0.717) is 42.3 Å². The van der Waals surface area contributed by atoms with E-state index < -0.39 is 6.10 Å². The summed E-state index contributed by atoms with van der Waals surface area (Å²) in [5.41, 5.74) is 1.16. The number of rotatable bonds is 4. The fraction of sp³-hybridized carbons (Fsp3) is 0.263. The van der Waals surface area contributed by atoms with Gasteiger partial charge in [-0.05, 0) is 24.3 Å². The Kier molecular flexibility index (Phi) is 4.43. The van der Waals surface area contributed by atoms with Gasteiger partial charge in [-0.3, -0.25) is 4.79 Å². The Bertz CT molecular complexity index is 855. The van der Waals surface area contributed by atoms with Gasteiger partial charge < -0.3 is 19.6 Å². The SMILES string of the molecule is O=C(NC[C@@H]1COc2ccccc2O1)[C@@H]1CC(c2cccc(F)c2)=NO1. The third-order valence-corrected chi connectivity index (χ3v) is 4.19. The summed E-state index contributed by atoms with van der Waals surface area (Å²) in [5, 5.41) is 6.70. The second-order valence-electron chi connectivity index (χ2n) is 6.09. The Balaban J connectivity index is 1.29. The molecule has 1 N–H and O–H groups in total. The molecule has 0 bridgehead atoms. The molecule has 0 aliphatic carbocycles. The minimum absolute atomic E-state index is 0.279. The summed E-state index contributed by atoms with van der Waals surface area (Å²) in [7, 11) is 0. The number of ether oxygens (including phenoxy) is 2. The molecule has 4 rings (SSSR count). The van der Waals surface area contributed by atoms with Crippen molar-refractivity contribution in [3.8, 4) is 11.5 Å². The van der Waals surface area contributed by atoms with Crippen LogP contribution in [0.3, 0.4) is 0 Å². The van der Waals surface area contributed by atoms with Crippen LogP contribution < -0.4 is 14.8 Å². The summed E-state index contributed by atoms with van der Waals surface area (Å²) in [5.74, 6) is 0.713. The molecule has 2 aliphatic heterocycles. The molecular weight excluding hydrogens is 339 g/mol. The molecule has 0 fully saturated rings. The highest BCUT2D eigenvalue weighted by atomic mass is 19.1. The number of hydrogen-bond donors (Lipinski definition) is 1. The molecule has 1 amide bonds. The number of benzene rings is 2. The van der Waals surface area contributed by atoms with Gasteiger partial charge in [-0.15, -0.1) is 0 Å². The van der Waals surface area contributed by atoms with E-state index in [1.165, 1.54) is 12.1 Å². The van der Waals surface area contributed by atoms with Crippen molar-refractivity contribution in [2.75, 3.05) is 13.2 Å². The zero-order chi connectivity index (χ0) is 17.9. The number of nitrogens with one attached hydrogen (secondary N) is 1. The maximum absolute atomic E-state index is 13.3. The van der Waals surface area contributed by atoms with Gasteiger partial charge in [0.2, 0.25) is 6.10 Å². The van der Waals surface area contributed by atoms with E-state index in [1.54, 1.807) is 12.1 Å². The number of carbonyl (C=O) groups excluding carboxylic acids is 1. The van der Waals surface area contributed by atoms with Gasteiger partial charge in [0.05, 0.1) is 12.3 Å². The quantitative estimate of drug-likeness (QED) is 0.913. The van der Waals surface area contributed by atoms with Crippen LogP contribution in [0.2, 0.25) is 0 Å². The van der Waals surface area contributed by atoms with Crippen molar-refractivity contribution >= 4 is 11.6 Å². The van der Waals surface area contributed by atoms with Crippen LogP contribution in [0.25, 0.3) is 0 Å². The lowest BCUT2D eigenvalue weighted by molar-refractivity contribution is -0.131. The number of para-hydroxylation sites is 2. The van der Waals surface area contributed by atoms with E-state index >= 15 is 0 Å². The lowest BCUT2D eigenvalue weighted by Crippen LogP contribution is -2.44. The van der Waals surface area contributed by atoms with Gasteiger partial charge in [0, 0.05) is 12.0 Å². The van der Waals surface area contributed by atoms with Crippen molar-refractivity contribution in [3.05, 3.63) is 59.9 Å². The summed E-state index contributed by atoms with van der Waals surface area (Å²) < 4.78 is 24.7. The monoisotopic (exact) mass is 356 g/mol. The summed E-state index contributed by atoms with van der Waals surface area (Å²) in [6.45, 7) is 0.649. The van der Waals surface area contributed by atoms with Crippen molar-refractivity contribution in [1.29, 1.82) is 0 Å². The van der Waals surface area contributed by atoms with E-state index in [4.69, 9.17) is 14.3 Å². The van der Waals surface area contributed by atoms with Crippen molar-refractivity contribution in [2.45, 2.75) is 18.6 Å². The normalized spacial score (nSPS) is 20.9. The third-order valence-electron chi connectivity index (χ3n) is 4.19. The second kappa shape index (κ2) is 7.03. The largest absolute Gasteiger partial charge is 0.486 e. The topological polar surface area (TPSA) is 69.2 Å². The third kappa shape index (κ3) is 3.46. The lowest BCUT2D eigenvalue weighted by atomic mass is 10.0. The smallest absolute Gasteiger partial charge is 0.264 e. The zero-order valence-corrected chi connectivity index (χ0v) is 13.9. The molecular formula is C19H17FN2O4. The molecule has 0 radical (unpaired) electrons. The van der Waals surface area contributed by atoms with E-state index in [9.17, 15) is 9.18 Å². The first-order valence-corrected chi connectivity index (χ1v) is 8.34. The van der Waals surface area contributed by atoms with Gasteiger partial charge in [-0.2, -0.15) is 0 Å². The molecule has 2 heterocycles. The van der Waals surface area contributed by atoms with Crippen molar-refractivity contribution in [1.82, 2.24) is 5.32 Å². The molecule has 2 aromatic rings. The van der Waals surface area contributed by atoms with Crippen LogP contribution in [0.4, 0.5) is 4.39 Å². The molecule has 0 spiro atoms. The maximum Gasteiger partial charge on any atom is 0.264 e. The number of carbonyl (C=O) groups is 1. The average molecular weight is 356 g/mol. The Hall–Kier alpha value is -3.09. The maximum atomic E-state index is 13.3. The molecule has 0 unspecified atom stereocenters. The van der Waals surface area contributed by atoms with Crippen LogP contribution >= 0.6 is 0 Å². The van der Waals surface area contributed by atoms with E-state index in [-0.39, 0.29) is 17.8 Å². The molecule has 0 saturated carbocycles. The molecule has 0 aromatic heterocycles. The summed E-state index contributed by atoms with van der Waals surface area (Å²) in [6.07, 6.45) is -0.718. The number of oxime groups is 1. The van der Waals surface area contributed by atoms with Gasteiger partial charge in [0.25, 0.3) is 5.91 Å². The zero-order valence-electron chi connectivity index (χ0n) is 13.9. The van der Waals surface area contributed by atoms with Crippen molar-refractivity contribution in [3.63, 3.8) is 0 Å². The van der Waals surface area contributed by atoms with Gasteiger partial charge in [0.1, 0.15) is 18.5 Å². The first kappa shape index (κ1) is 16.4. The number of hydrogen-bond acceptors (Lipinski definition) is 5. The van der Waals surface area contributed by atoms with Crippen molar-refractivity contribution in [2.24, 2.45) is 5.16 Å². The minimum atomic E-state index is -0.731. The van der Waals surface area contributed by atoms with E-state index in [1.807, 2.05) is 24.3 Å². The summed E-state index contributed by atoms with van der Waals surface area (Å²) in [4.78, 5) is 17.5. The Morgan fingerprint density at radius 2 is 2.04 bits per heavy atom. The minimum Gasteiger partial charge on any atom is -0.486 e. The van der Waals surface area contributed by atoms with Crippen LogP contribution in [0.1, 0.15) is 12.0 Å². The molecule has 0 saturated heterocycles. The highest BCUT2D eigenvalue weighted by Crippen LogP contribution is 2.30. The number of nitrogens with zero attached hydrogens (tertiary/aromatic N) is 1. The molecule has 134 valence electrons. The Morgan fingerprint density at radius 1 is 1.19 bits per heavy atom. The fourth-order valence-electron chi connectivity index (χ4n) is 2.85. The highest BCUT2D eigenvalue weighted by molar-refractivity contribution is 6.04. The Labute approximate surface area is 149 Å². The van der Waals surface area contributed by atoms with Gasteiger partial charge in [-0.25, -0.2) is 4.39 Å². The first-order chi connectivity index (χ1) is 12.7. The van der Waals surface area contributed by atoms with Gasteiger partial charge >= 0.3 is 0 Å². The number of halogens is 1. The summed E-state index contributed by atoms with van der Waals surface area (Å²) >= 11 is 0. The van der Waals surface area contributed by atoms with Crippen LogP contribution in [-0.2, 0) is 9.63 Å². The number of fused-ring (bicyclic) bond motifs is 1. The van der Waals surface area contributed by atoms with Gasteiger partial charge in [0.15, 0.2) is 11.5 Å². The van der Waals surface area contributed by atoms with Crippen LogP contribution in [0.5, 0.6) is 11.5 Å². The Morgan fingerprint density at radius 3 is 2.88 bits per heavy atom. The molecule has 6 nitrogen and oxygen atoms in total. The fourth-order valence-corrected chi connectivity index (χ4v) is 2.85. The molecule has 2 aliphatic rings. The first-order valence-electron chi connectivity index (χ1n) is 8.34. The lowest BCUT2D eigenvalue weighted by Gasteiger charge is -2.26. The standard InChI is InChI=1S/C19H17FN2O4/c20-13-5-3-4-12(8-13)15-9-18(26-22-15)19(23)21-10-14-11-24-16-6-1-2-7-17(16)25-14/h1-8,14,18H,9-11H2,(H,21,23)/t14-,18+/m1/s1. The highest BCUT2D eigenvalue weighted by Gasteiger charge is 2.30. The molecule has 2 atom stereocenters. The average Bonchev–Trinajstić information content (AvgIpc) is 3.16. The van der Waals surface area contributed by atoms with E-state index in [2.05, 4.69) is 10.5 Å².